The van der Waals surface area contributed by atoms with Crippen molar-refractivity contribution in [3.05, 3.63) is 35.4 Å². The highest BCUT2D eigenvalue weighted by Crippen LogP contribution is 2.27. The first-order valence-electron chi connectivity index (χ1n) is 7.44. The van der Waals surface area contributed by atoms with Crippen LogP contribution in [0.5, 0.6) is 0 Å². The Kier molecular flexibility index (Phi) is 3.76. The van der Waals surface area contributed by atoms with E-state index < -0.39 is 0 Å². The van der Waals surface area contributed by atoms with E-state index in [1.54, 1.807) is 0 Å². The summed E-state index contributed by atoms with van der Waals surface area (Å²) in [6.07, 6.45) is 0. The molecule has 2 heterocycles. The molecule has 0 spiro atoms. The van der Waals surface area contributed by atoms with Gasteiger partial charge in [0.25, 0.3) is 0 Å². The third-order valence-electron chi connectivity index (χ3n) is 4.51. The van der Waals surface area contributed by atoms with Gasteiger partial charge in [0.2, 0.25) is 5.91 Å². The van der Waals surface area contributed by atoms with Crippen molar-refractivity contribution in [2.24, 2.45) is 0 Å². The summed E-state index contributed by atoms with van der Waals surface area (Å²) < 4.78 is 0. The minimum absolute atomic E-state index is 0.0224. The van der Waals surface area contributed by atoms with Gasteiger partial charge < -0.3 is 15.1 Å². The fourth-order valence-electron chi connectivity index (χ4n) is 3.38. The van der Waals surface area contributed by atoms with Gasteiger partial charge in [0.15, 0.2) is 0 Å². The zero-order valence-corrected chi connectivity index (χ0v) is 12.3. The van der Waals surface area contributed by atoms with Gasteiger partial charge in [-0.25, -0.2) is 0 Å². The molecule has 4 nitrogen and oxygen atoms in total. The Morgan fingerprint density at radius 2 is 2.10 bits per heavy atom. The topological polar surface area (TPSA) is 35.6 Å². The molecule has 20 heavy (non-hydrogen) atoms. The molecule has 4 heteroatoms. The molecule has 0 aliphatic carbocycles. The number of piperazine rings is 1. The highest BCUT2D eigenvalue weighted by atomic mass is 16.2. The molecule has 0 radical (unpaired) electrons. The molecule has 1 N–H and O–H groups in total. The SMILES string of the molecule is CC1CN(C)CCN1C(=O)C1CNCc2ccccc21. The van der Waals surface area contributed by atoms with Crippen LogP contribution in [0.15, 0.2) is 24.3 Å². The summed E-state index contributed by atoms with van der Waals surface area (Å²) in [4.78, 5) is 17.3. The molecule has 2 unspecified atom stereocenters. The number of fused-ring (bicyclic) bond motifs is 1. The Bertz CT molecular complexity index is 502. The van der Waals surface area contributed by atoms with Crippen LogP contribution in [0.2, 0.25) is 0 Å². The molecule has 108 valence electrons. The number of rotatable bonds is 1. The molecular formula is C16H23N3O. The van der Waals surface area contributed by atoms with E-state index in [9.17, 15) is 4.79 Å². The number of likely N-dealkylation sites (N-methyl/N-ethyl adjacent to an activating group) is 1. The fraction of sp³-hybridized carbons (Fsp3) is 0.562. The van der Waals surface area contributed by atoms with Crippen molar-refractivity contribution in [2.45, 2.75) is 25.4 Å². The van der Waals surface area contributed by atoms with E-state index in [1.165, 1.54) is 11.1 Å². The van der Waals surface area contributed by atoms with Crippen LogP contribution in [0.4, 0.5) is 0 Å². The highest BCUT2D eigenvalue weighted by Gasteiger charge is 2.33. The van der Waals surface area contributed by atoms with Gasteiger partial charge in [-0.3, -0.25) is 4.79 Å². The van der Waals surface area contributed by atoms with Crippen molar-refractivity contribution in [3.63, 3.8) is 0 Å². The molecule has 0 saturated carbocycles. The molecule has 2 atom stereocenters. The van der Waals surface area contributed by atoms with E-state index in [-0.39, 0.29) is 11.8 Å². The summed E-state index contributed by atoms with van der Waals surface area (Å²) in [5.41, 5.74) is 2.47. The summed E-state index contributed by atoms with van der Waals surface area (Å²) in [5, 5.41) is 3.38. The number of carbonyl (C=O) groups excluding carboxylic acids is 1. The highest BCUT2D eigenvalue weighted by molar-refractivity contribution is 5.85. The lowest BCUT2D eigenvalue weighted by molar-refractivity contribution is -0.137. The maximum Gasteiger partial charge on any atom is 0.231 e. The van der Waals surface area contributed by atoms with Crippen LogP contribution < -0.4 is 5.32 Å². The molecule has 2 aliphatic rings. The second-order valence-electron chi connectivity index (χ2n) is 6.03. The first kappa shape index (κ1) is 13.6. The van der Waals surface area contributed by atoms with E-state index in [2.05, 4.69) is 41.2 Å². The van der Waals surface area contributed by atoms with Crippen molar-refractivity contribution in [1.82, 2.24) is 15.1 Å². The third-order valence-corrected chi connectivity index (χ3v) is 4.51. The Morgan fingerprint density at radius 1 is 1.30 bits per heavy atom. The van der Waals surface area contributed by atoms with E-state index in [1.807, 2.05) is 12.1 Å². The largest absolute Gasteiger partial charge is 0.337 e. The van der Waals surface area contributed by atoms with Crippen LogP contribution >= 0.6 is 0 Å². The smallest absolute Gasteiger partial charge is 0.231 e. The first-order chi connectivity index (χ1) is 9.66. The molecule has 2 aliphatic heterocycles. The number of nitrogens with one attached hydrogen (secondary N) is 1. The van der Waals surface area contributed by atoms with Crippen LogP contribution in [0.25, 0.3) is 0 Å². The number of hydrogen-bond acceptors (Lipinski definition) is 3. The second-order valence-corrected chi connectivity index (χ2v) is 6.03. The average Bonchev–Trinajstić information content (AvgIpc) is 2.46. The monoisotopic (exact) mass is 273 g/mol. The normalized spacial score (nSPS) is 27.2. The van der Waals surface area contributed by atoms with Gasteiger partial charge in [0.05, 0.1) is 5.92 Å². The van der Waals surface area contributed by atoms with Crippen molar-refractivity contribution in [2.75, 3.05) is 33.2 Å². The minimum atomic E-state index is -0.0224. The zero-order chi connectivity index (χ0) is 14.1. The fourth-order valence-corrected chi connectivity index (χ4v) is 3.38. The van der Waals surface area contributed by atoms with Gasteiger partial charge in [-0.15, -0.1) is 0 Å². The maximum absolute atomic E-state index is 12.9. The number of benzene rings is 1. The van der Waals surface area contributed by atoms with Crippen LogP contribution in [0.1, 0.15) is 24.0 Å². The summed E-state index contributed by atoms with van der Waals surface area (Å²) in [5.74, 6) is 0.260. The first-order valence-corrected chi connectivity index (χ1v) is 7.44. The maximum atomic E-state index is 12.9. The molecular weight excluding hydrogens is 250 g/mol. The van der Waals surface area contributed by atoms with Crippen molar-refractivity contribution >= 4 is 5.91 Å². The predicted octanol–water partition coefficient (Wildman–Crippen LogP) is 1.04. The molecule has 1 saturated heterocycles. The quantitative estimate of drug-likeness (QED) is 0.830. The molecule has 3 rings (SSSR count). The Labute approximate surface area is 120 Å². The predicted molar refractivity (Wildman–Crippen MR) is 79.6 cm³/mol. The summed E-state index contributed by atoms with van der Waals surface area (Å²) in [6.45, 7) is 6.56. The summed E-state index contributed by atoms with van der Waals surface area (Å²) in [6, 6.07) is 8.62. The Morgan fingerprint density at radius 3 is 2.90 bits per heavy atom. The van der Waals surface area contributed by atoms with Gasteiger partial charge >= 0.3 is 0 Å². The van der Waals surface area contributed by atoms with Gasteiger partial charge in [-0.05, 0) is 25.1 Å². The van der Waals surface area contributed by atoms with Gasteiger partial charge in [0.1, 0.15) is 0 Å². The lowest BCUT2D eigenvalue weighted by Gasteiger charge is -2.40. The molecule has 1 aromatic carbocycles. The lowest BCUT2D eigenvalue weighted by Crippen LogP contribution is -2.55. The average molecular weight is 273 g/mol. The van der Waals surface area contributed by atoms with Crippen LogP contribution in [0, 0.1) is 0 Å². The number of carbonyl (C=O) groups is 1. The molecule has 0 bridgehead atoms. The van der Waals surface area contributed by atoms with Gasteiger partial charge in [-0.2, -0.15) is 0 Å². The van der Waals surface area contributed by atoms with E-state index in [0.29, 0.717) is 6.04 Å². The van der Waals surface area contributed by atoms with Crippen molar-refractivity contribution < 1.29 is 4.79 Å². The molecule has 1 amide bonds. The van der Waals surface area contributed by atoms with E-state index in [0.717, 1.165) is 32.7 Å². The van der Waals surface area contributed by atoms with Crippen LogP contribution in [-0.4, -0.2) is 55.0 Å². The summed E-state index contributed by atoms with van der Waals surface area (Å²) >= 11 is 0. The third kappa shape index (κ3) is 2.45. The van der Waals surface area contributed by atoms with Crippen molar-refractivity contribution in [3.8, 4) is 0 Å². The number of nitrogens with zero attached hydrogens (tertiary/aromatic N) is 2. The second kappa shape index (κ2) is 5.54. The molecule has 1 fully saturated rings. The van der Waals surface area contributed by atoms with Gasteiger partial charge in [-0.1, -0.05) is 24.3 Å². The standard InChI is InChI=1S/C16H23N3O/c1-12-11-18(2)7-8-19(12)16(20)15-10-17-9-13-5-3-4-6-14(13)15/h3-6,12,15,17H,7-11H2,1-2H3. The molecule has 1 aromatic rings. The van der Waals surface area contributed by atoms with E-state index >= 15 is 0 Å². The lowest BCUT2D eigenvalue weighted by atomic mass is 9.89. The summed E-state index contributed by atoms with van der Waals surface area (Å²) in [7, 11) is 2.12. The Balaban J connectivity index is 1.81. The van der Waals surface area contributed by atoms with Gasteiger partial charge in [0, 0.05) is 38.8 Å². The number of hydrogen-bond donors (Lipinski definition) is 1. The Hall–Kier alpha value is -1.39. The van der Waals surface area contributed by atoms with Crippen LogP contribution in [-0.2, 0) is 11.3 Å². The van der Waals surface area contributed by atoms with Crippen LogP contribution in [0.3, 0.4) is 0 Å². The molecule has 0 aromatic heterocycles. The minimum Gasteiger partial charge on any atom is -0.337 e. The van der Waals surface area contributed by atoms with Crippen molar-refractivity contribution in [1.29, 1.82) is 0 Å². The zero-order valence-electron chi connectivity index (χ0n) is 12.3. The number of amides is 1. The van der Waals surface area contributed by atoms with E-state index in [4.69, 9.17) is 0 Å².